The monoisotopic (exact) mass is 1380 g/mol. The standard InChI is InChI=1S/C26H31N3O7S.C23H24N2O5.C22H22N4O6/c1-4-29(5-2)37(34,35)19-8-6-15(3)20(12-19)17-10-16(23-18(11-17)13-27-28-23)7-9-21-24(31)26(33)25(32)22(14-30)36-21;1-12-3-5-17(13(2)7-12)15-8-14(20-16(9-15)10-24-25-20)4-6-18-21(27)23(29)22(28)19(11-26)30-18;1-23-22(31)15-8-11(4-5-24-15)13-6-12(18-14(7-13)9-25-26-18)2-3-16-19(28)21(30)20(29)17(10-27)32-16/h6,8,10-13,21-22,24-26,30-33H,4-5,14H2,1-3H3,(H,27,28);3,5,7-10,18-19,21-23,26-29H,11H2,1-2H3,(H,24,25);4-9,16-17,19-21,27-30H,10H2,1H3,(H,23,31)(H,25,26)/t21-,22-,24-,25-,26-;18-,19-,21-,22-,23-;16-,17-,19-,20-,21-/m111/s1. The summed E-state index contributed by atoms with van der Waals surface area (Å²) in [6, 6.07) is 26.0. The van der Waals surface area contributed by atoms with E-state index in [1.165, 1.54) is 16.9 Å². The van der Waals surface area contributed by atoms with Crippen LogP contribution in [0.1, 0.15) is 57.7 Å². The zero-order chi connectivity index (χ0) is 71.1. The second-order valence-electron chi connectivity index (χ2n) is 24.0. The van der Waals surface area contributed by atoms with E-state index in [2.05, 4.69) is 102 Å². The van der Waals surface area contributed by atoms with Gasteiger partial charge in [0.1, 0.15) is 97.3 Å². The average molecular weight is 1380 g/mol. The minimum Gasteiger partial charge on any atom is -0.394 e. The minimum atomic E-state index is -3.66. The molecule has 4 aromatic heterocycles. The molecule has 99 heavy (non-hydrogen) atoms. The summed E-state index contributed by atoms with van der Waals surface area (Å²) < 4.78 is 44.1. The number of nitrogens with zero attached hydrogens (tertiary/aromatic N) is 5. The Labute approximate surface area is 568 Å². The third-order valence-corrected chi connectivity index (χ3v) is 19.5. The van der Waals surface area contributed by atoms with E-state index in [-0.39, 0.29) is 16.5 Å². The van der Waals surface area contributed by atoms with E-state index in [4.69, 9.17) is 14.2 Å². The Morgan fingerprint density at radius 3 is 1.34 bits per heavy atom. The Hall–Kier alpha value is -8.88. The molecule has 3 fully saturated rings. The molecule has 16 N–H and O–H groups in total. The number of benzene rings is 5. The minimum absolute atomic E-state index is 0.193. The van der Waals surface area contributed by atoms with Crippen molar-refractivity contribution < 1.29 is 88.7 Å². The lowest BCUT2D eigenvalue weighted by molar-refractivity contribution is -0.214. The molecule has 7 heterocycles. The van der Waals surface area contributed by atoms with Crippen molar-refractivity contribution in [3.63, 3.8) is 0 Å². The number of carbonyl (C=O) groups excluding carboxylic acids is 1. The maximum atomic E-state index is 13.1. The molecule has 0 spiro atoms. The highest BCUT2D eigenvalue weighted by molar-refractivity contribution is 7.89. The first-order valence-electron chi connectivity index (χ1n) is 31.7. The average Bonchev–Trinajstić information content (AvgIpc) is 1.78. The van der Waals surface area contributed by atoms with Gasteiger partial charge in [0.15, 0.2) is 0 Å². The molecule has 0 unspecified atom stereocenters. The van der Waals surface area contributed by atoms with E-state index in [1.807, 2.05) is 38.1 Å². The summed E-state index contributed by atoms with van der Waals surface area (Å²) in [6.07, 6.45) is -13.0. The largest absolute Gasteiger partial charge is 0.394 e. The van der Waals surface area contributed by atoms with Gasteiger partial charge < -0.3 is 80.8 Å². The van der Waals surface area contributed by atoms with Gasteiger partial charge in [-0.1, -0.05) is 79.2 Å². The molecule has 5 aromatic carbocycles. The molecule has 0 saturated carbocycles. The molecule has 3 aliphatic heterocycles. The summed E-state index contributed by atoms with van der Waals surface area (Å²) in [6.45, 7) is 8.75. The smallest absolute Gasteiger partial charge is 0.269 e. The van der Waals surface area contributed by atoms with Crippen molar-refractivity contribution >= 4 is 48.6 Å². The number of hydrogen-bond acceptors (Lipinski definition) is 22. The number of aliphatic hydroxyl groups excluding tert-OH is 12. The fraction of sp³-hybridized carbons (Fsp3) is 0.366. The van der Waals surface area contributed by atoms with Crippen LogP contribution in [0.3, 0.4) is 0 Å². The highest BCUT2D eigenvalue weighted by Gasteiger charge is 2.45. The van der Waals surface area contributed by atoms with Crippen LogP contribution in [0.4, 0.5) is 0 Å². The van der Waals surface area contributed by atoms with Crippen LogP contribution in [-0.2, 0) is 24.2 Å². The molecule has 0 bridgehead atoms. The summed E-state index contributed by atoms with van der Waals surface area (Å²) >= 11 is 0. The maximum absolute atomic E-state index is 13.1. The summed E-state index contributed by atoms with van der Waals surface area (Å²) in [5, 5.41) is 145. The summed E-state index contributed by atoms with van der Waals surface area (Å²) in [4.78, 5) is 16.2. The van der Waals surface area contributed by atoms with Gasteiger partial charge in [0.05, 0.1) is 76.5 Å². The molecule has 520 valence electrons. The van der Waals surface area contributed by atoms with Gasteiger partial charge in [-0.15, -0.1) is 0 Å². The number of nitrogens with one attached hydrogen (secondary N) is 4. The van der Waals surface area contributed by atoms with Crippen LogP contribution in [0.25, 0.3) is 66.1 Å². The normalized spacial score (nSPS) is 25.2. The number of hydrogen-bond donors (Lipinski definition) is 16. The van der Waals surface area contributed by atoms with Gasteiger partial charge in [0.2, 0.25) is 10.0 Å². The van der Waals surface area contributed by atoms with Crippen LogP contribution in [0.2, 0.25) is 0 Å². The van der Waals surface area contributed by atoms with Gasteiger partial charge in [-0.2, -0.15) is 19.6 Å². The Balaban J connectivity index is 0.000000162. The van der Waals surface area contributed by atoms with E-state index in [0.29, 0.717) is 46.4 Å². The lowest BCUT2D eigenvalue weighted by atomic mass is 9.94. The van der Waals surface area contributed by atoms with E-state index < -0.39 is 121 Å². The molecule has 15 atom stereocenters. The molecule has 27 nitrogen and oxygen atoms in total. The second kappa shape index (κ2) is 31.5. The van der Waals surface area contributed by atoms with Crippen LogP contribution in [-0.4, -0.2) is 247 Å². The summed E-state index contributed by atoms with van der Waals surface area (Å²) in [5.41, 5.74) is 12.3. The van der Waals surface area contributed by atoms with Gasteiger partial charge in [-0.25, -0.2) is 8.42 Å². The summed E-state index contributed by atoms with van der Waals surface area (Å²) in [5.74, 6) is 17.0. The third kappa shape index (κ3) is 15.6. The Morgan fingerprint density at radius 2 is 0.929 bits per heavy atom. The molecule has 28 heteroatoms. The highest BCUT2D eigenvalue weighted by Crippen LogP contribution is 2.34. The van der Waals surface area contributed by atoms with Crippen LogP contribution < -0.4 is 5.32 Å². The Bertz CT molecular complexity index is 4690. The van der Waals surface area contributed by atoms with Gasteiger partial charge in [0, 0.05) is 42.5 Å². The Kier molecular flexibility index (Phi) is 23.2. The van der Waals surface area contributed by atoms with Gasteiger partial charge in [-0.3, -0.25) is 25.1 Å². The van der Waals surface area contributed by atoms with Crippen molar-refractivity contribution in [3.8, 4) is 68.9 Å². The number of H-pyrrole nitrogens is 3. The number of ether oxygens (including phenoxy) is 3. The number of rotatable bonds is 11. The van der Waals surface area contributed by atoms with Crippen molar-refractivity contribution in [2.45, 2.75) is 131 Å². The fourth-order valence-corrected chi connectivity index (χ4v) is 13.3. The van der Waals surface area contributed by atoms with E-state index in [9.17, 15) is 74.5 Å². The number of sulfonamides is 1. The van der Waals surface area contributed by atoms with Crippen LogP contribution in [0.15, 0.2) is 115 Å². The molecule has 3 aliphatic rings. The van der Waals surface area contributed by atoms with Crippen molar-refractivity contribution in [1.29, 1.82) is 0 Å². The Morgan fingerprint density at radius 1 is 0.505 bits per heavy atom. The number of fused-ring (bicyclic) bond motifs is 3. The summed E-state index contributed by atoms with van der Waals surface area (Å²) in [7, 11) is -2.13. The van der Waals surface area contributed by atoms with Gasteiger partial charge in [0.25, 0.3) is 5.91 Å². The third-order valence-electron chi connectivity index (χ3n) is 17.5. The highest BCUT2D eigenvalue weighted by atomic mass is 32.2. The van der Waals surface area contributed by atoms with Crippen LogP contribution in [0.5, 0.6) is 0 Å². The zero-order valence-electron chi connectivity index (χ0n) is 54.5. The van der Waals surface area contributed by atoms with E-state index in [1.54, 1.807) is 81.1 Å². The zero-order valence-corrected chi connectivity index (χ0v) is 55.4. The molecular formula is C71H77N9O18S. The maximum Gasteiger partial charge on any atom is 0.269 e. The predicted octanol–water partition coefficient (Wildman–Crippen LogP) is 0.982. The lowest BCUT2D eigenvalue weighted by Crippen LogP contribution is -2.58. The van der Waals surface area contributed by atoms with Crippen molar-refractivity contribution in [2.75, 3.05) is 40.0 Å². The number of amides is 1. The predicted molar refractivity (Wildman–Crippen MR) is 362 cm³/mol. The first kappa shape index (κ1) is 72.9. The molecule has 3 saturated heterocycles. The van der Waals surface area contributed by atoms with Crippen LogP contribution in [0, 0.1) is 56.3 Å². The first-order valence-corrected chi connectivity index (χ1v) is 33.1. The molecule has 0 aliphatic carbocycles. The van der Waals surface area contributed by atoms with Gasteiger partial charge in [-0.05, 0) is 126 Å². The quantitative estimate of drug-likeness (QED) is 0.0803. The second-order valence-corrected chi connectivity index (χ2v) is 26.0. The van der Waals surface area contributed by atoms with E-state index >= 15 is 0 Å². The topological polar surface area (TPSA) is 436 Å². The number of aryl methyl sites for hydroxylation is 3. The lowest BCUT2D eigenvalue weighted by Gasteiger charge is -2.37. The number of aromatic nitrogens is 7. The van der Waals surface area contributed by atoms with Gasteiger partial charge >= 0.3 is 0 Å². The van der Waals surface area contributed by atoms with Crippen molar-refractivity contribution in [3.05, 3.63) is 149 Å². The SMILES string of the molecule is CCN(CC)S(=O)(=O)c1ccc(C)c(-c2cc(C#C[C@H]3O[C@H](CO)[C@@H](O)[C@H](O)[C@@H]3O)c3[nH]ncc3c2)c1.CNC(=O)c1cc(-c2cc(C#C[C@H]3O[C@H](CO)[C@@H](O)[C@H](O)[C@@H]3O)c3[nH]ncc3c2)ccn1.Cc1ccc(-c2cc(C#C[C@H]3O[C@H](CO)[C@@H](O)[C@H](O)[C@@H]3O)c3[nH]ncc3c2)c(C)c1. The number of carbonyl (C=O) groups is 1. The molecular weight excluding hydrogens is 1300 g/mol. The first-order chi connectivity index (χ1) is 47.4. The fourth-order valence-electron chi connectivity index (χ4n) is 11.8. The number of pyridine rings is 1. The van der Waals surface area contributed by atoms with Crippen molar-refractivity contribution in [1.82, 2.24) is 45.2 Å². The van der Waals surface area contributed by atoms with E-state index in [0.717, 1.165) is 60.6 Å². The molecule has 0 radical (unpaired) electrons. The number of aliphatic hydroxyl groups is 12. The van der Waals surface area contributed by atoms with Crippen molar-refractivity contribution in [2.24, 2.45) is 0 Å². The molecule has 9 aromatic rings. The van der Waals surface area contributed by atoms with Crippen LogP contribution >= 0.6 is 0 Å². The molecule has 1 amide bonds. The number of aromatic amines is 3. The molecule has 12 rings (SSSR count).